The van der Waals surface area contributed by atoms with Crippen molar-refractivity contribution in [1.29, 1.82) is 0 Å². The number of aliphatic carboxylic acids is 2. The highest BCUT2D eigenvalue weighted by Gasteiger charge is 2.34. The molecule has 0 aromatic heterocycles. The van der Waals surface area contributed by atoms with Crippen LogP contribution in [0.3, 0.4) is 0 Å². The Kier molecular flexibility index (Phi) is 6.72. The van der Waals surface area contributed by atoms with E-state index in [1.54, 1.807) is 30.3 Å². The molecule has 0 aliphatic rings. The molecule has 0 aliphatic heterocycles. The highest BCUT2D eigenvalue weighted by atomic mass is 16.6. The van der Waals surface area contributed by atoms with E-state index in [4.69, 9.17) is 14.9 Å². The number of imide groups is 1. The summed E-state index contributed by atoms with van der Waals surface area (Å²) in [6.07, 6.45) is -2.02. The van der Waals surface area contributed by atoms with Crippen molar-refractivity contribution in [2.24, 2.45) is 0 Å². The van der Waals surface area contributed by atoms with E-state index in [1.165, 1.54) is 0 Å². The number of carbonyl (C=O) groups is 4. The summed E-state index contributed by atoms with van der Waals surface area (Å²) >= 11 is 0. The molecular weight excluding hydrogens is 306 g/mol. The summed E-state index contributed by atoms with van der Waals surface area (Å²) in [6.45, 7) is 0.884. The van der Waals surface area contributed by atoms with Crippen LogP contribution in [0.1, 0.15) is 25.3 Å². The molecule has 0 spiro atoms. The summed E-state index contributed by atoms with van der Waals surface area (Å²) in [4.78, 5) is 45.9. The number of nitrogens with zero attached hydrogens (tertiary/aromatic N) is 1. The number of carboxylic acids is 2. The summed E-state index contributed by atoms with van der Waals surface area (Å²) in [6, 6.07) is 7.05. The number of carbonyl (C=O) groups excluding carboxylic acids is 2. The van der Waals surface area contributed by atoms with Gasteiger partial charge in [0.1, 0.15) is 12.6 Å². The van der Waals surface area contributed by atoms with Crippen molar-refractivity contribution < 1.29 is 34.1 Å². The van der Waals surface area contributed by atoms with E-state index in [9.17, 15) is 19.2 Å². The quantitative estimate of drug-likeness (QED) is 0.779. The standard InChI is InChI=1S/C15H17NO7/c1-10(17)16(12(14(20)21)7-8-13(18)19)15(22)23-9-11-5-3-2-4-6-11/h2-6,12H,7-9H2,1H3,(H,18,19)(H,20,21)/t12-/m0/s1. The summed E-state index contributed by atoms with van der Waals surface area (Å²) in [5.41, 5.74) is 0.668. The fourth-order valence-electron chi connectivity index (χ4n) is 1.89. The zero-order chi connectivity index (χ0) is 17.4. The van der Waals surface area contributed by atoms with Crippen LogP contribution in [-0.4, -0.2) is 45.1 Å². The minimum absolute atomic E-state index is 0.130. The van der Waals surface area contributed by atoms with Crippen LogP contribution in [0, 0.1) is 0 Å². The molecule has 124 valence electrons. The van der Waals surface area contributed by atoms with E-state index in [0.717, 1.165) is 6.92 Å². The Hall–Kier alpha value is -2.90. The largest absolute Gasteiger partial charge is 0.481 e. The number of benzene rings is 1. The number of amides is 2. The van der Waals surface area contributed by atoms with Crippen molar-refractivity contribution in [2.75, 3.05) is 0 Å². The maximum Gasteiger partial charge on any atom is 0.417 e. The highest BCUT2D eigenvalue weighted by molar-refractivity contribution is 5.95. The van der Waals surface area contributed by atoms with Crippen molar-refractivity contribution in [1.82, 2.24) is 4.90 Å². The molecule has 0 radical (unpaired) electrons. The van der Waals surface area contributed by atoms with Crippen molar-refractivity contribution in [3.63, 3.8) is 0 Å². The number of rotatable bonds is 7. The Morgan fingerprint density at radius 3 is 2.22 bits per heavy atom. The van der Waals surface area contributed by atoms with Crippen molar-refractivity contribution in [3.05, 3.63) is 35.9 Å². The third kappa shape index (κ3) is 5.77. The van der Waals surface area contributed by atoms with Crippen LogP contribution in [0.25, 0.3) is 0 Å². The van der Waals surface area contributed by atoms with Gasteiger partial charge in [0, 0.05) is 13.3 Å². The molecule has 1 aromatic rings. The van der Waals surface area contributed by atoms with Crippen LogP contribution >= 0.6 is 0 Å². The molecule has 23 heavy (non-hydrogen) atoms. The number of ether oxygens (including phenoxy) is 1. The molecule has 8 nitrogen and oxygen atoms in total. The molecule has 0 saturated carbocycles. The Bertz CT molecular complexity index is 585. The Morgan fingerprint density at radius 2 is 1.74 bits per heavy atom. The summed E-state index contributed by atoms with van der Waals surface area (Å²) in [5, 5.41) is 17.8. The SMILES string of the molecule is CC(=O)N(C(=O)OCc1ccccc1)[C@@H](CCC(=O)O)C(=O)O. The van der Waals surface area contributed by atoms with Gasteiger partial charge in [-0.1, -0.05) is 30.3 Å². The third-order valence-electron chi connectivity index (χ3n) is 2.97. The molecule has 2 N–H and O–H groups in total. The highest BCUT2D eigenvalue weighted by Crippen LogP contribution is 2.12. The van der Waals surface area contributed by atoms with Crippen LogP contribution in [-0.2, 0) is 25.7 Å². The van der Waals surface area contributed by atoms with E-state index >= 15 is 0 Å². The topological polar surface area (TPSA) is 121 Å². The molecule has 8 heteroatoms. The van der Waals surface area contributed by atoms with Crippen molar-refractivity contribution >= 4 is 23.9 Å². The first-order valence-corrected chi connectivity index (χ1v) is 6.78. The van der Waals surface area contributed by atoms with Gasteiger partial charge in [0.05, 0.1) is 0 Å². The first-order valence-electron chi connectivity index (χ1n) is 6.78. The molecule has 0 heterocycles. The maximum atomic E-state index is 12.0. The lowest BCUT2D eigenvalue weighted by Gasteiger charge is -2.25. The molecule has 0 bridgehead atoms. The third-order valence-corrected chi connectivity index (χ3v) is 2.97. The molecule has 1 rings (SSSR count). The Balaban J connectivity index is 2.81. The molecule has 0 saturated heterocycles. The molecular formula is C15H17NO7. The van der Waals surface area contributed by atoms with Crippen molar-refractivity contribution in [3.8, 4) is 0 Å². The average molecular weight is 323 g/mol. The summed E-state index contributed by atoms with van der Waals surface area (Å²) in [5.74, 6) is -3.53. The van der Waals surface area contributed by atoms with Gasteiger partial charge in [-0.15, -0.1) is 0 Å². The Labute approximate surface area is 132 Å². The van der Waals surface area contributed by atoms with Gasteiger partial charge in [0.2, 0.25) is 5.91 Å². The van der Waals surface area contributed by atoms with E-state index < -0.39 is 42.8 Å². The first-order chi connectivity index (χ1) is 10.8. The van der Waals surface area contributed by atoms with Gasteiger partial charge in [0.25, 0.3) is 0 Å². The van der Waals surface area contributed by atoms with E-state index in [-0.39, 0.29) is 6.61 Å². The first kappa shape index (κ1) is 18.1. The molecule has 0 fully saturated rings. The molecule has 1 atom stereocenters. The van der Waals surface area contributed by atoms with Gasteiger partial charge in [-0.2, -0.15) is 0 Å². The zero-order valence-electron chi connectivity index (χ0n) is 12.5. The number of hydrogen-bond acceptors (Lipinski definition) is 5. The van der Waals surface area contributed by atoms with Crippen LogP contribution in [0.15, 0.2) is 30.3 Å². The second kappa shape index (κ2) is 8.52. The number of carboxylic acid groups (broad SMARTS) is 2. The van der Waals surface area contributed by atoms with Crippen molar-refractivity contribution in [2.45, 2.75) is 32.4 Å². The van der Waals surface area contributed by atoms with Crippen LogP contribution < -0.4 is 0 Å². The lowest BCUT2D eigenvalue weighted by molar-refractivity contribution is -0.149. The summed E-state index contributed by atoms with van der Waals surface area (Å²) < 4.78 is 4.94. The van der Waals surface area contributed by atoms with Gasteiger partial charge < -0.3 is 14.9 Å². The van der Waals surface area contributed by atoms with E-state index in [0.29, 0.717) is 10.5 Å². The maximum absolute atomic E-state index is 12.0. The number of hydrogen-bond donors (Lipinski definition) is 2. The minimum atomic E-state index is -1.59. The van der Waals surface area contributed by atoms with Gasteiger partial charge >= 0.3 is 18.0 Å². The molecule has 2 amide bonds. The normalized spacial score (nSPS) is 11.3. The fourth-order valence-corrected chi connectivity index (χ4v) is 1.89. The van der Waals surface area contributed by atoms with E-state index in [2.05, 4.69) is 0 Å². The second-order valence-electron chi connectivity index (χ2n) is 4.72. The fraction of sp³-hybridized carbons (Fsp3) is 0.333. The molecule has 0 unspecified atom stereocenters. The van der Waals surface area contributed by atoms with Gasteiger partial charge in [-0.3, -0.25) is 9.59 Å². The van der Waals surface area contributed by atoms with Crippen LogP contribution in [0.4, 0.5) is 4.79 Å². The zero-order valence-corrected chi connectivity index (χ0v) is 12.5. The molecule has 1 aromatic carbocycles. The smallest absolute Gasteiger partial charge is 0.417 e. The van der Waals surface area contributed by atoms with Gasteiger partial charge in [-0.25, -0.2) is 14.5 Å². The minimum Gasteiger partial charge on any atom is -0.481 e. The van der Waals surface area contributed by atoms with Crippen LogP contribution in [0.5, 0.6) is 0 Å². The second-order valence-corrected chi connectivity index (χ2v) is 4.72. The van der Waals surface area contributed by atoms with Gasteiger partial charge in [0.15, 0.2) is 0 Å². The average Bonchev–Trinajstić information content (AvgIpc) is 2.49. The van der Waals surface area contributed by atoms with Crippen LogP contribution in [0.2, 0.25) is 0 Å². The van der Waals surface area contributed by atoms with Gasteiger partial charge in [-0.05, 0) is 12.0 Å². The molecule has 0 aliphatic carbocycles. The summed E-state index contributed by atoms with van der Waals surface area (Å²) in [7, 11) is 0. The Morgan fingerprint density at radius 1 is 1.13 bits per heavy atom. The monoisotopic (exact) mass is 323 g/mol. The predicted molar refractivity (Wildman–Crippen MR) is 77.4 cm³/mol. The lowest BCUT2D eigenvalue weighted by atomic mass is 10.1. The lowest BCUT2D eigenvalue weighted by Crippen LogP contribution is -2.48. The predicted octanol–water partition coefficient (Wildman–Crippen LogP) is 1.49. The van der Waals surface area contributed by atoms with E-state index in [1.807, 2.05) is 0 Å².